The van der Waals surface area contributed by atoms with E-state index in [-0.39, 0.29) is 11.3 Å². The molecule has 1 heterocycles. The number of rotatable bonds is 1. The maximum absolute atomic E-state index is 12.6. The molecule has 0 fully saturated rings. The number of alkyl halides is 3. The molecule has 1 aromatic carbocycles. The number of benzene rings is 1. The Balaban J connectivity index is 2.64. The van der Waals surface area contributed by atoms with Crippen LogP contribution in [0.4, 0.5) is 13.2 Å². The SMILES string of the molecule is Cn1c(C#N)c(Br)c(C#N)c1-c1ccc(C(F)(F)F)cc1. The molecule has 21 heavy (non-hydrogen) atoms. The average molecular weight is 354 g/mol. The molecule has 0 spiro atoms. The Morgan fingerprint density at radius 2 is 1.67 bits per heavy atom. The summed E-state index contributed by atoms with van der Waals surface area (Å²) in [4.78, 5) is 0. The first-order valence-corrected chi connectivity index (χ1v) is 6.46. The van der Waals surface area contributed by atoms with E-state index in [0.717, 1.165) is 12.1 Å². The standard InChI is InChI=1S/C14H7BrF3N3/c1-21-11(7-20)12(15)10(6-19)13(21)8-2-4-9(5-3-8)14(16,17)18/h2-5H,1H3. The Bertz CT molecular complexity index is 774. The maximum Gasteiger partial charge on any atom is 0.416 e. The second kappa shape index (κ2) is 5.27. The lowest BCUT2D eigenvalue weighted by Gasteiger charge is -2.09. The lowest BCUT2D eigenvalue weighted by molar-refractivity contribution is -0.137. The smallest absolute Gasteiger partial charge is 0.333 e. The van der Waals surface area contributed by atoms with Crippen LogP contribution >= 0.6 is 15.9 Å². The van der Waals surface area contributed by atoms with Crippen LogP contribution in [-0.4, -0.2) is 4.57 Å². The first-order valence-electron chi connectivity index (χ1n) is 5.67. The third kappa shape index (κ3) is 2.53. The molecular weight excluding hydrogens is 347 g/mol. The fourth-order valence-electron chi connectivity index (χ4n) is 2.03. The number of nitriles is 2. The van der Waals surface area contributed by atoms with Gasteiger partial charge in [0.15, 0.2) is 0 Å². The van der Waals surface area contributed by atoms with Gasteiger partial charge in [0, 0.05) is 7.05 Å². The monoisotopic (exact) mass is 353 g/mol. The van der Waals surface area contributed by atoms with Crippen molar-refractivity contribution in [3.8, 4) is 23.4 Å². The summed E-state index contributed by atoms with van der Waals surface area (Å²) in [5.41, 5.74) is 0.521. The predicted octanol–water partition coefficient (Wildman–Crippen LogP) is 4.22. The molecule has 7 heteroatoms. The van der Waals surface area contributed by atoms with Crippen molar-refractivity contribution in [1.82, 2.24) is 4.57 Å². The molecule has 106 valence electrons. The van der Waals surface area contributed by atoms with Gasteiger partial charge in [0.1, 0.15) is 17.8 Å². The van der Waals surface area contributed by atoms with Crippen molar-refractivity contribution in [1.29, 1.82) is 10.5 Å². The van der Waals surface area contributed by atoms with E-state index < -0.39 is 11.7 Å². The van der Waals surface area contributed by atoms with Crippen molar-refractivity contribution in [2.24, 2.45) is 7.05 Å². The summed E-state index contributed by atoms with van der Waals surface area (Å²) < 4.78 is 39.5. The number of halogens is 4. The average Bonchev–Trinajstić information content (AvgIpc) is 2.68. The molecule has 0 bridgehead atoms. The fourth-order valence-corrected chi connectivity index (χ4v) is 2.66. The highest BCUT2D eigenvalue weighted by molar-refractivity contribution is 9.10. The lowest BCUT2D eigenvalue weighted by Crippen LogP contribution is -2.04. The van der Waals surface area contributed by atoms with Crippen LogP contribution in [0.5, 0.6) is 0 Å². The number of aromatic nitrogens is 1. The Labute approximate surface area is 127 Å². The summed E-state index contributed by atoms with van der Waals surface area (Å²) in [6.07, 6.45) is -4.41. The third-order valence-electron chi connectivity index (χ3n) is 3.04. The minimum atomic E-state index is -4.41. The molecule has 0 unspecified atom stereocenters. The summed E-state index contributed by atoms with van der Waals surface area (Å²) in [6, 6.07) is 8.38. The van der Waals surface area contributed by atoms with Crippen molar-refractivity contribution in [3.05, 3.63) is 45.6 Å². The van der Waals surface area contributed by atoms with Gasteiger partial charge in [-0.05, 0) is 33.6 Å². The lowest BCUT2D eigenvalue weighted by atomic mass is 10.1. The highest BCUT2D eigenvalue weighted by Crippen LogP contribution is 2.35. The van der Waals surface area contributed by atoms with Gasteiger partial charge in [-0.25, -0.2) is 0 Å². The van der Waals surface area contributed by atoms with Gasteiger partial charge in [-0.3, -0.25) is 0 Å². The van der Waals surface area contributed by atoms with Crippen molar-refractivity contribution in [3.63, 3.8) is 0 Å². The summed E-state index contributed by atoms with van der Waals surface area (Å²) in [7, 11) is 1.58. The van der Waals surface area contributed by atoms with E-state index in [1.54, 1.807) is 7.05 Å². The topological polar surface area (TPSA) is 52.5 Å². The molecule has 0 radical (unpaired) electrons. The predicted molar refractivity (Wildman–Crippen MR) is 73.0 cm³/mol. The summed E-state index contributed by atoms with van der Waals surface area (Å²) in [5, 5.41) is 18.3. The Hall–Kier alpha value is -2.25. The number of nitrogens with zero attached hydrogens (tertiary/aromatic N) is 3. The van der Waals surface area contributed by atoms with Gasteiger partial charge in [-0.15, -0.1) is 0 Å². The zero-order valence-electron chi connectivity index (χ0n) is 10.7. The van der Waals surface area contributed by atoms with E-state index in [0.29, 0.717) is 15.7 Å². The van der Waals surface area contributed by atoms with Crippen molar-refractivity contribution in [2.45, 2.75) is 6.18 Å². The Morgan fingerprint density at radius 3 is 2.10 bits per heavy atom. The van der Waals surface area contributed by atoms with Crippen LogP contribution in [0, 0.1) is 22.7 Å². The fraction of sp³-hybridized carbons (Fsp3) is 0.143. The second-order valence-corrected chi connectivity index (χ2v) is 5.04. The van der Waals surface area contributed by atoms with E-state index in [1.165, 1.54) is 16.7 Å². The number of hydrogen-bond acceptors (Lipinski definition) is 2. The highest BCUT2D eigenvalue weighted by Gasteiger charge is 2.30. The van der Waals surface area contributed by atoms with Gasteiger partial charge in [0.2, 0.25) is 0 Å². The van der Waals surface area contributed by atoms with Crippen LogP contribution < -0.4 is 0 Å². The quantitative estimate of drug-likeness (QED) is 0.770. The molecule has 0 aliphatic carbocycles. The molecule has 0 aliphatic heterocycles. The normalized spacial score (nSPS) is 11.0. The zero-order valence-corrected chi connectivity index (χ0v) is 12.2. The van der Waals surface area contributed by atoms with E-state index in [9.17, 15) is 18.4 Å². The van der Waals surface area contributed by atoms with Gasteiger partial charge in [0.05, 0.1) is 21.3 Å². The van der Waals surface area contributed by atoms with Gasteiger partial charge in [-0.2, -0.15) is 23.7 Å². The van der Waals surface area contributed by atoms with E-state index in [2.05, 4.69) is 15.9 Å². The molecule has 0 aliphatic rings. The van der Waals surface area contributed by atoms with Crippen molar-refractivity contribution >= 4 is 15.9 Å². The van der Waals surface area contributed by atoms with Gasteiger partial charge in [0.25, 0.3) is 0 Å². The van der Waals surface area contributed by atoms with E-state index >= 15 is 0 Å². The Kier molecular flexibility index (Phi) is 3.80. The van der Waals surface area contributed by atoms with Gasteiger partial charge >= 0.3 is 6.18 Å². The first kappa shape index (κ1) is 15.1. The molecule has 0 atom stereocenters. The van der Waals surface area contributed by atoms with Gasteiger partial charge in [-0.1, -0.05) is 12.1 Å². The molecule has 2 aromatic rings. The van der Waals surface area contributed by atoms with Crippen LogP contribution in [-0.2, 0) is 13.2 Å². The minimum absolute atomic E-state index is 0.216. The highest BCUT2D eigenvalue weighted by atomic mass is 79.9. The van der Waals surface area contributed by atoms with Crippen molar-refractivity contribution in [2.75, 3.05) is 0 Å². The number of hydrogen-bond donors (Lipinski definition) is 0. The van der Waals surface area contributed by atoms with E-state index in [4.69, 9.17) is 5.26 Å². The molecule has 1 aromatic heterocycles. The van der Waals surface area contributed by atoms with Crippen LogP contribution in [0.3, 0.4) is 0 Å². The third-order valence-corrected chi connectivity index (χ3v) is 3.81. The van der Waals surface area contributed by atoms with Crippen LogP contribution in [0.2, 0.25) is 0 Å². The van der Waals surface area contributed by atoms with Gasteiger partial charge < -0.3 is 4.57 Å². The molecule has 3 nitrogen and oxygen atoms in total. The largest absolute Gasteiger partial charge is 0.416 e. The summed E-state index contributed by atoms with van der Waals surface area (Å²) in [5.74, 6) is 0. The zero-order chi connectivity index (χ0) is 15.8. The first-order chi connectivity index (χ1) is 9.81. The second-order valence-electron chi connectivity index (χ2n) is 4.24. The molecular formula is C14H7BrF3N3. The molecule has 0 N–H and O–H groups in total. The molecule has 0 saturated carbocycles. The van der Waals surface area contributed by atoms with Crippen LogP contribution in [0.1, 0.15) is 16.8 Å². The minimum Gasteiger partial charge on any atom is -0.333 e. The summed E-state index contributed by atoms with van der Waals surface area (Å²) >= 11 is 3.17. The molecule has 0 amide bonds. The summed E-state index contributed by atoms with van der Waals surface area (Å²) in [6.45, 7) is 0. The maximum atomic E-state index is 12.6. The Morgan fingerprint density at radius 1 is 1.10 bits per heavy atom. The van der Waals surface area contributed by atoms with E-state index in [1.807, 2.05) is 12.1 Å². The van der Waals surface area contributed by atoms with Crippen LogP contribution in [0.15, 0.2) is 28.7 Å². The van der Waals surface area contributed by atoms with Crippen LogP contribution in [0.25, 0.3) is 11.3 Å². The van der Waals surface area contributed by atoms with Crippen molar-refractivity contribution < 1.29 is 13.2 Å². The molecule has 0 saturated heterocycles. The molecule has 2 rings (SSSR count).